The first-order valence-electron chi connectivity index (χ1n) is 6.15. The number of nitrogens with zero attached hydrogens (tertiary/aromatic N) is 2. The summed E-state index contributed by atoms with van der Waals surface area (Å²) in [6.07, 6.45) is 0.905. The van der Waals surface area contributed by atoms with Crippen molar-refractivity contribution in [2.75, 3.05) is 24.5 Å². The predicted molar refractivity (Wildman–Crippen MR) is 75.0 cm³/mol. The molecule has 1 heterocycles. The van der Waals surface area contributed by atoms with Crippen molar-refractivity contribution < 1.29 is 9.31 Å². The lowest BCUT2D eigenvalue weighted by Gasteiger charge is -2.29. The lowest BCUT2D eigenvalue weighted by atomic mass is 10.1. The van der Waals surface area contributed by atoms with Crippen LogP contribution >= 0.6 is 15.9 Å². The Balaban J connectivity index is 2.45. The molecule has 1 aromatic carbocycles. The van der Waals surface area contributed by atoms with E-state index in [0.717, 1.165) is 19.5 Å². The fourth-order valence-corrected chi connectivity index (χ4v) is 2.76. The Bertz CT molecular complexity index is 492. The molecule has 0 aliphatic carbocycles. The Kier molecular flexibility index (Phi) is 4.36. The third kappa shape index (κ3) is 2.87. The van der Waals surface area contributed by atoms with Gasteiger partial charge in [0.2, 0.25) is 0 Å². The zero-order valence-electron chi connectivity index (χ0n) is 10.5. The topological polar surface area (TPSA) is 58.4 Å². The maximum atomic E-state index is 13.7. The summed E-state index contributed by atoms with van der Waals surface area (Å²) in [5.41, 5.74) is 0.281. The number of hydrogen-bond donors (Lipinski definition) is 1. The average molecular weight is 332 g/mol. The molecule has 0 spiro atoms. The minimum absolute atomic E-state index is 0.0676. The molecule has 1 aliphatic heterocycles. The normalized spacial score (nSPS) is 18.6. The quantitative estimate of drug-likeness (QED) is 0.680. The van der Waals surface area contributed by atoms with Gasteiger partial charge in [-0.1, -0.05) is 0 Å². The summed E-state index contributed by atoms with van der Waals surface area (Å²) in [6.45, 7) is 4.17. The van der Waals surface area contributed by atoms with Crippen molar-refractivity contribution in [2.45, 2.75) is 19.4 Å². The zero-order valence-corrected chi connectivity index (χ0v) is 12.1. The van der Waals surface area contributed by atoms with E-state index in [9.17, 15) is 14.5 Å². The van der Waals surface area contributed by atoms with Gasteiger partial charge in [0.05, 0.1) is 9.40 Å². The number of rotatable bonds is 4. The summed E-state index contributed by atoms with van der Waals surface area (Å²) >= 11 is 2.99. The number of nitro groups is 1. The van der Waals surface area contributed by atoms with Crippen LogP contribution in [0.5, 0.6) is 0 Å². The molecule has 5 nitrogen and oxygen atoms in total. The largest absolute Gasteiger partial charge is 0.362 e. The van der Waals surface area contributed by atoms with Gasteiger partial charge in [0.25, 0.3) is 5.69 Å². The van der Waals surface area contributed by atoms with E-state index in [4.69, 9.17) is 0 Å². The van der Waals surface area contributed by atoms with Crippen molar-refractivity contribution in [3.8, 4) is 0 Å². The monoisotopic (exact) mass is 331 g/mol. The van der Waals surface area contributed by atoms with Crippen molar-refractivity contribution in [1.82, 2.24) is 5.32 Å². The SMILES string of the molecule is CCN(c1cc(F)c(Br)cc1[N+](=O)[O-])C1CCNC1. The van der Waals surface area contributed by atoms with Crippen LogP contribution in [0, 0.1) is 15.9 Å². The first-order chi connectivity index (χ1) is 9.04. The lowest BCUT2D eigenvalue weighted by molar-refractivity contribution is -0.384. The smallest absolute Gasteiger partial charge is 0.293 e. The van der Waals surface area contributed by atoms with Gasteiger partial charge in [-0.25, -0.2) is 4.39 Å². The molecule has 1 atom stereocenters. The van der Waals surface area contributed by atoms with Crippen LogP contribution in [0.2, 0.25) is 0 Å². The summed E-state index contributed by atoms with van der Waals surface area (Å²) in [7, 11) is 0. The second-order valence-corrected chi connectivity index (χ2v) is 5.30. The molecule has 2 rings (SSSR count). The average Bonchev–Trinajstić information content (AvgIpc) is 2.87. The fourth-order valence-electron chi connectivity index (χ4n) is 2.43. The number of anilines is 1. The van der Waals surface area contributed by atoms with Crippen molar-refractivity contribution in [1.29, 1.82) is 0 Å². The molecular weight excluding hydrogens is 317 g/mol. The Morgan fingerprint density at radius 2 is 2.37 bits per heavy atom. The van der Waals surface area contributed by atoms with Gasteiger partial charge in [0, 0.05) is 31.3 Å². The van der Waals surface area contributed by atoms with E-state index in [2.05, 4.69) is 21.2 Å². The molecule has 0 saturated carbocycles. The molecule has 0 radical (unpaired) electrons. The van der Waals surface area contributed by atoms with Crippen molar-refractivity contribution in [2.24, 2.45) is 0 Å². The number of benzene rings is 1. The number of nitro benzene ring substituents is 1. The van der Waals surface area contributed by atoms with E-state index < -0.39 is 10.7 Å². The maximum absolute atomic E-state index is 13.7. The van der Waals surface area contributed by atoms with E-state index in [1.165, 1.54) is 12.1 Å². The van der Waals surface area contributed by atoms with E-state index in [1.54, 1.807) is 0 Å². The molecule has 0 amide bonds. The summed E-state index contributed by atoms with van der Waals surface area (Å²) < 4.78 is 13.8. The molecule has 1 aromatic rings. The standard InChI is InChI=1S/C12H15BrFN3O2/c1-2-16(8-3-4-15-7-8)11-6-10(14)9(13)5-12(11)17(18)19/h5-6,8,15H,2-4,7H2,1H3. The minimum atomic E-state index is -0.481. The summed E-state index contributed by atoms with van der Waals surface area (Å²) in [5, 5.41) is 14.4. The van der Waals surface area contributed by atoms with Crippen molar-refractivity contribution >= 4 is 27.3 Å². The number of hydrogen-bond acceptors (Lipinski definition) is 4. The zero-order chi connectivity index (χ0) is 14.0. The molecule has 1 aliphatic rings. The first-order valence-corrected chi connectivity index (χ1v) is 6.94. The Morgan fingerprint density at radius 1 is 1.63 bits per heavy atom. The van der Waals surface area contributed by atoms with Crippen LogP contribution in [0.1, 0.15) is 13.3 Å². The van der Waals surface area contributed by atoms with Gasteiger partial charge in [-0.05, 0) is 35.8 Å². The highest BCUT2D eigenvalue weighted by molar-refractivity contribution is 9.10. The molecule has 1 N–H and O–H groups in total. The van der Waals surface area contributed by atoms with Gasteiger partial charge in [0.1, 0.15) is 11.5 Å². The second-order valence-electron chi connectivity index (χ2n) is 4.44. The highest BCUT2D eigenvalue weighted by Crippen LogP contribution is 2.35. The molecule has 1 saturated heterocycles. The highest BCUT2D eigenvalue weighted by atomic mass is 79.9. The lowest BCUT2D eigenvalue weighted by Crippen LogP contribution is -2.37. The van der Waals surface area contributed by atoms with E-state index in [0.29, 0.717) is 12.2 Å². The molecular formula is C12H15BrFN3O2. The molecule has 0 aromatic heterocycles. The summed E-state index contributed by atoms with van der Waals surface area (Å²) in [4.78, 5) is 12.6. The highest BCUT2D eigenvalue weighted by Gasteiger charge is 2.28. The van der Waals surface area contributed by atoms with Gasteiger partial charge in [-0.2, -0.15) is 0 Å². The van der Waals surface area contributed by atoms with Crippen LogP contribution in [0.3, 0.4) is 0 Å². The van der Waals surface area contributed by atoms with Gasteiger partial charge in [0.15, 0.2) is 0 Å². The van der Waals surface area contributed by atoms with Crippen LogP contribution < -0.4 is 10.2 Å². The van der Waals surface area contributed by atoms with Gasteiger partial charge in [-0.3, -0.25) is 10.1 Å². The van der Waals surface area contributed by atoms with Crippen LogP contribution in [0.25, 0.3) is 0 Å². The van der Waals surface area contributed by atoms with E-state index in [1.807, 2.05) is 11.8 Å². The maximum Gasteiger partial charge on any atom is 0.293 e. The van der Waals surface area contributed by atoms with Gasteiger partial charge in [-0.15, -0.1) is 0 Å². The molecule has 0 bridgehead atoms. The Labute approximate surface area is 119 Å². The Morgan fingerprint density at radius 3 is 2.89 bits per heavy atom. The Hall–Kier alpha value is -1.21. The molecule has 1 fully saturated rings. The van der Waals surface area contributed by atoms with E-state index in [-0.39, 0.29) is 16.2 Å². The summed E-state index contributed by atoms with van der Waals surface area (Å²) in [5.74, 6) is -0.481. The summed E-state index contributed by atoms with van der Waals surface area (Å²) in [6, 6.07) is 2.64. The number of likely N-dealkylation sites (N-methyl/N-ethyl adjacent to an activating group) is 1. The fraction of sp³-hybridized carbons (Fsp3) is 0.500. The molecule has 19 heavy (non-hydrogen) atoms. The first kappa shape index (κ1) is 14.2. The van der Waals surface area contributed by atoms with E-state index >= 15 is 0 Å². The number of nitrogens with one attached hydrogen (secondary N) is 1. The third-order valence-electron chi connectivity index (χ3n) is 3.34. The second kappa shape index (κ2) is 5.83. The number of halogens is 2. The van der Waals surface area contributed by atoms with Crippen molar-refractivity contribution in [3.05, 3.63) is 32.5 Å². The van der Waals surface area contributed by atoms with Gasteiger partial charge >= 0.3 is 0 Å². The molecule has 104 valence electrons. The van der Waals surface area contributed by atoms with Gasteiger partial charge < -0.3 is 10.2 Å². The van der Waals surface area contributed by atoms with Crippen molar-refractivity contribution in [3.63, 3.8) is 0 Å². The van der Waals surface area contributed by atoms with Crippen LogP contribution in [0.4, 0.5) is 15.8 Å². The molecule has 7 heteroatoms. The minimum Gasteiger partial charge on any atom is -0.362 e. The third-order valence-corrected chi connectivity index (χ3v) is 3.95. The predicted octanol–water partition coefficient (Wildman–Crippen LogP) is 2.68. The van der Waals surface area contributed by atoms with Crippen LogP contribution in [-0.2, 0) is 0 Å². The molecule has 1 unspecified atom stereocenters. The van der Waals surface area contributed by atoms with Crippen LogP contribution in [-0.4, -0.2) is 30.6 Å². The van der Waals surface area contributed by atoms with Crippen LogP contribution in [0.15, 0.2) is 16.6 Å².